The van der Waals surface area contributed by atoms with Gasteiger partial charge in [0.25, 0.3) is 0 Å². The number of esters is 4. The van der Waals surface area contributed by atoms with Gasteiger partial charge in [-0.2, -0.15) is 0 Å². The number of carbonyl (C=O) groups excluding carboxylic acids is 4. The van der Waals surface area contributed by atoms with E-state index in [2.05, 4.69) is 48.5 Å². The third kappa shape index (κ3) is 57.2. The first-order valence-electron chi connectivity index (χ1n) is 32.8. The van der Waals surface area contributed by atoms with Gasteiger partial charge in [0.1, 0.15) is 19.3 Å². The van der Waals surface area contributed by atoms with E-state index in [1.807, 2.05) is 0 Å². The molecule has 19 heteroatoms. The van der Waals surface area contributed by atoms with Crippen LogP contribution in [0.3, 0.4) is 0 Å². The van der Waals surface area contributed by atoms with Crippen molar-refractivity contribution < 1.29 is 80.2 Å². The number of phosphoric ester groups is 2. The normalized spacial score (nSPS) is 14.4. The summed E-state index contributed by atoms with van der Waals surface area (Å²) in [6, 6.07) is 0. The number of aliphatic hydroxyl groups excluding tert-OH is 1. The maximum Gasteiger partial charge on any atom is 0.472 e. The first-order valence-corrected chi connectivity index (χ1v) is 35.8. The van der Waals surface area contributed by atoms with Gasteiger partial charge in [-0.05, 0) is 43.4 Å². The van der Waals surface area contributed by atoms with Crippen LogP contribution in [-0.4, -0.2) is 96.7 Å². The average molecular weight is 1210 g/mol. The predicted molar refractivity (Wildman–Crippen MR) is 326 cm³/mol. The monoisotopic (exact) mass is 1210 g/mol. The Labute approximate surface area is 498 Å². The van der Waals surface area contributed by atoms with Crippen molar-refractivity contribution in [2.75, 3.05) is 39.6 Å². The van der Waals surface area contributed by atoms with E-state index in [1.54, 1.807) is 0 Å². The van der Waals surface area contributed by atoms with Crippen LogP contribution in [0.1, 0.15) is 305 Å². The second-order valence-electron chi connectivity index (χ2n) is 24.2. The minimum Gasteiger partial charge on any atom is -0.462 e. The van der Waals surface area contributed by atoms with Crippen LogP contribution >= 0.6 is 15.6 Å². The summed E-state index contributed by atoms with van der Waals surface area (Å²) < 4.78 is 67.9. The topological polar surface area (TPSA) is 237 Å². The lowest BCUT2D eigenvalue weighted by atomic mass is 10.0. The quantitative estimate of drug-likeness (QED) is 0.0222. The number of hydrogen-bond acceptors (Lipinski definition) is 15. The molecule has 2 unspecified atom stereocenters. The average Bonchev–Trinajstić information content (AvgIpc) is 3.44. The molecule has 0 aliphatic heterocycles. The lowest BCUT2D eigenvalue weighted by Gasteiger charge is -2.21. The summed E-state index contributed by atoms with van der Waals surface area (Å²) in [5, 5.41) is 10.5. The molecule has 0 saturated carbocycles. The van der Waals surface area contributed by atoms with E-state index >= 15 is 0 Å². The van der Waals surface area contributed by atoms with Crippen LogP contribution in [0.2, 0.25) is 0 Å². The third-order valence-electron chi connectivity index (χ3n) is 14.4. The van der Waals surface area contributed by atoms with Gasteiger partial charge < -0.3 is 33.8 Å². The zero-order valence-corrected chi connectivity index (χ0v) is 54.7. The minimum absolute atomic E-state index is 0.102. The number of carbonyl (C=O) groups is 4. The second kappa shape index (κ2) is 54.5. The van der Waals surface area contributed by atoms with Gasteiger partial charge in [-0.15, -0.1) is 0 Å². The van der Waals surface area contributed by atoms with Crippen molar-refractivity contribution in [3.05, 3.63) is 0 Å². The van der Waals surface area contributed by atoms with Crippen LogP contribution in [0, 0.1) is 17.8 Å². The highest BCUT2D eigenvalue weighted by molar-refractivity contribution is 7.47. The van der Waals surface area contributed by atoms with Gasteiger partial charge in [0, 0.05) is 25.7 Å². The SMILES string of the molecule is CCCCCCCCCCCCCCCC(=O)O[C@H](COC(=O)CCCCCCCCCC(C)C)COP(=O)(O)OC[C@@H](O)COP(=O)(O)OC[C@@H](COC(=O)CCCCCCCCC(C)C)OC(=O)CCCCCCCCCC(C)C. The zero-order chi connectivity index (χ0) is 61.0. The molecular weight excluding hydrogens is 1090 g/mol. The van der Waals surface area contributed by atoms with E-state index in [0.29, 0.717) is 43.4 Å². The van der Waals surface area contributed by atoms with E-state index in [1.165, 1.54) is 103 Å². The summed E-state index contributed by atoms with van der Waals surface area (Å²) in [6.45, 7) is 11.6. The lowest BCUT2D eigenvalue weighted by molar-refractivity contribution is -0.161. The maximum atomic E-state index is 13.0. The molecule has 82 heavy (non-hydrogen) atoms. The fourth-order valence-electron chi connectivity index (χ4n) is 9.30. The molecule has 0 aromatic rings. The summed E-state index contributed by atoms with van der Waals surface area (Å²) >= 11 is 0. The van der Waals surface area contributed by atoms with E-state index in [0.717, 1.165) is 103 Å². The molecule has 0 fully saturated rings. The molecule has 0 spiro atoms. The Morgan fingerprint density at radius 1 is 0.329 bits per heavy atom. The second-order valence-corrected chi connectivity index (χ2v) is 27.1. The van der Waals surface area contributed by atoms with Crippen molar-refractivity contribution in [2.45, 2.75) is 324 Å². The molecule has 0 bridgehead atoms. The smallest absolute Gasteiger partial charge is 0.462 e. The highest BCUT2D eigenvalue weighted by Gasteiger charge is 2.30. The number of aliphatic hydroxyl groups is 1. The summed E-state index contributed by atoms with van der Waals surface area (Å²) in [5.41, 5.74) is 0. The Kier molecular flexibility index (Phi) is 53.2. The van der Waals surface area contributed by atoms with Gasteiger partial charge in [0.15, 0.2) is 12.2 Å². The molecule has 3 N–H and O–H groups in total. The van der Waals surface area contributed by atoms with E-state index < -0.39 is 97.5 Å². The number of phosphoric acid groups is 2. The number of unbranched alkanes of at least 4 members (excludes halogenated alkanes) is 29. The van der Waals surface area contributed by atoms with Gasteiger partial charge in [-0.1, -0.05) is 254 Å². The molecule has 0 aromatic heterocycles. The molecule has 0 amide bonds. The first kappa shape index (κ1) is 80.1. The fraction of sp³-hybridized carbons (Fsp3) is 0.937. The van der Waals surface area contributed by atoms with Gasteiger partial charge in [0.05, 0.1) is 26.4 Å². The number of rotatable bonds is 61. The summed E-state index contributed by atoms with van der Waals surface area (Å²) in [4.78, 5) is 72.1. The van der Waals surface area contributed by atoms with E-state index in [-0.39, 0.29) is 25.7 Å². The van der Waals surface area contributed by atoms with Crippen LogP contribution in [-0.2, 0) is 65.4 Å². The van der Waals surface area contributed by atoms with Crippen LogP contribution in [0.5, 0.6) is 0 Å². The van der Waals surface area contributed by atoms with Gasteiger partial charge >= 0.3 is 39.5 Å². The van der Waals surface area contributed by atoms with E-state index in [4.69, 9.17) is 37.0 Å². The van der Waals surface area contributed by atoms with Crippen molar-refractivity contribution >= 4 is 39.5 Å². The zero-order valence-electron chi connectivity index (χ0n) is 52.9. The highest BCUT2D eigenvalue weighted by atomic mass is 31.2. The molecule has 0 aliphatic rings. The Bertz CT molecular complexity index is 1630. The molecule has 0 heterocycles. The highest BCUT2D eigenvalue weighted by Crippen LogP contribution is 2.45. The Balaban J connectivity index is 5.24. The van der Waals surface area contributed by atoms with Crippen LogP contribution in [0.25, 0.3) is 0 Å². The molecule has 5 atom stereocenters. The molecular formula is C63H122O17P2. The van der Waals surface area contributed by atoms with Crippen LogP contribution in [0.15, 0.2) is 0 Å². The Morgan fingerprint density at radius 3 is 0.829 bits per heavy atom. The van der Waals surface area contributed by atoms with Gasteiger partial charge in [0.2, 0.25) is 0 Å². The van der Waals surface area contributed by atoms with Gasteiger partial charge in [-0.25, -0.2) is 9.13 Å². The van der Waals surface area contributed by atoms with Crippen molar-refractivity contribution in [2.24, 2.45) is 17.8 Å². The first-order chi connectivity index (χ1) is 39.2. The van der Waals surface area contributed by atoms with Crippen molar-refractivity contribution in [1.29, 1.82) is 0 Å². The standard InChI is InChI=1S/C63H122O17P2/c1-8-9-10-11-12-13-14-15-16-17-22-32-39-46-62(67)79-58(50-73-60(65)44-37-30-23-18-20-27-34-41-54(2)3)52-77-81(69,70)75-48-57(64)49-76-82(71,72)78-53-59(51-74-61(66)45-38-31-26-25-29-36-43-56(6)7)80-63(68)47-40-33-24-19-21-28-35-42-55(4)5/h54-59,64H,8-53H2,1-7H3,(H,69,70)(H,71,72)/t57-,58-,59-/m1/s1. The van der Waals surface area contributed by atoms with Crippen LogP contribution in [0.4, 0.5) is 0 Å². The summed E-state index contributed by atoms with van der Waals surface area (Å²) in [5.74, 6) is -0.0602. The molecule has 0 saturated heterocycles. The largest absolute Gasteiger partial charge is 0.472 e. The van der Waals surface area contributed by atoms with Crippen molar-refractivity contribution in [1.82, 2.24) is 0 Å². The van der Waals surface area contributed by atoms with Crippen molar-refractivity contribution in [3.63, 3.8) is 0 Å². The van der Waals surface area contributed by atoms with Gasteiger partial charge in [-0.3, -0.25) is 37.3 Å². The minimum atomic E-state index is -4.94. The number of hydrogen-bond donors (Lipinski definition) is 3. The molecule has 0 radical (unpaired) electrons. The molecule has 0 aliphatic carbocycles. The Morgan fingerprint density at radius 2 is 0.561 bits per heavy atom. The predicted octanol–water partition coefficient (Wildman–Crippen LogP) is 17.1. The molecule has 0 rings (SSSR count). The van der Waals surface area contributed by atoms with Crippen LogP contribution < -0.4 is 0 Å². The summed E-state index contributed by atoms with van der Waals surface area (Å²) in [6.07, 6.45) is 35.1. The summed E-state index contributed by atoms with van der Waals surface area (Å²) in [7, 11) is -9.88. The fourth-order valence-corrected chi connectivity index (χ4v) is 10.9. The molecule has 17 nitrogen and oxygen atoms in total. The molecule has 486 valence electrons. The maximum absolute atomic E-state index is 13.0. The number of ether oxygens (including phenoxy) is 4. The lowest BCUT2D eigenvalue weighted by Crippen LogP contribution is -2.30. The Hall–Kier alpha value is -1.94. The van der Waals surface area contributed by atoms with E-state index in [9.17, 15) is 43.2 Å². The van der Waals surface area contributed by atoms with Crippen molar-refractivity contribution in [3.8, 4) is 0 Å². The third-order valence-corrected chi connectivity index (χ3v) is 16.3. The molecule has 0 aromatic carbocycles.